The number of hydrogen-bond acceptors (Lipinski definition) is 3. The van der Waals surface area contributed by atoms with Crippen LogP contribution in [0, 0.1) is 0 Å². The summed E-state index contributed by atoms with van der Waals surface area (Å²) in [6.07, 6.45) is 0. The lowest BCUT2D eigenvalue weighted by Gasteiger charge is -2.10. The maximum Gasteiger partial charge on any atom is 0.151 e. The predicted molar refractivity (Wildman–Crippen MR) is 71.8 cm³/mol. The summed E-state index contributed by atoms with van der Waals surface area (Å²) < 4.78 is 5.58. The van der Waals surface area contributed by atoms with Gasteiger partial charge >= 0.3 is 0 Å². The third-order valence-electron chi connectivity index (χ3n) is 2.19. The van der Waals surface area contributed by atoms with Gasteiger partial charge in [0.15, 0.2) is 5.75 Å². The van der Waals surface area contributed by atoms with Crippen molar-refractivity contribution in [1.82, 2.24) is 0 Å². The molecular weight excluding hydrogens is 259 g/mol. The van der Waals surface area contributed by atoms with Crippen molar-refractivity contribution >= 4 is 34.6 Å². The smallest absolute Gasteiger partial charge is 0.151 e. The quantitative estimate of drug-likeness (QED) is 0.811. The molecule has 5 heteroatoms. The maximum atomic E-state index is 5.92. The number of benzene rings is 2. The van der Waals surface area contributed by atoms with E-state index < -0.39 is 0 Å². The van der Waals surface area contributed by atoms with Crippen LogP contribution in [0.15, 0.2) is 36.4 Å². The zero-order chi connectivity index (χ0) is 12.4. The van der Waals surface area contributed by atoms with E-state index in [0.717, 1.165) is 0 Å². The normalized spacial score (nSPS) is 10.2. The molecule has 4 N–H and O–H groups in total. The van der Waals surface area contributed by atoms with Crippen molar-refractivity contribution in [3.05, 3.63) is 46.4 Å². The summed E-state index contributed by atoms with van der Waals surface area (Å²) in [5.41, 5.74) is 12.1. The molecule has 0 radical (unpaired) electrons. The zero-order valence-electron chi connectivity index (χ0n) is 8.78. The van der Waals surface area contributed by atoms with Gasteiger partial charge in [0, 0.05) is 5.02 Å². The van der Waals surface area contributed by atoms with E-state index in [0.29, 0.717) is 32.9 Å². The van der Waals surface area contributed by atoms with Crippen molar-refractivity contribution in [1.29, 1.82) is 0 Å². The van der Waals surface area contributed by atoms with Crippen molar-refractivity contribution < 1.29 is 4.74 Å². The molecule has 0 atom stereocenters. The second kappa shape index (κ2) is 4.73. The van der Waals surface area contributed by atoms with Crippen LogP contribution >= 0.6 is 23.2 Å². The van der Waals surface area contributed by atoms with E-state index >= 15 is 0 Å². The van der Waals surface area contributed by atoms with Crippen molar-refractivity contribution in [2.24, 2.45) is 0 Å². The summed E-state index contributed by atoms with van der Waals surface area (Å²) in [6, 6.07) is 10.3. The van der Waals surface area contributed by atoms with Crippen molar-refractivity contribution in [2.75, 3.05) is 11.5 Å². The van der Waals surface area contributed by atoms with Crippen LogP contribution in [0.3, 0.4) is 0 Å². The number of ether oxygens (including phenoxy) is 1. The first kappa shape index (κ1) is 11.9. The fourth-order valence-electron chi connectivity index (χ4n) is 1.34. The topological polar surface area (TPSA) is 61.3 Å². The van der Waals surface area contributed by atoms with Gasteiger partial charge in [-0.05, 0) is 30.3 Å². The Morgan fingerprint density at radius 1 is 1.00 bits per heavy atom. The molecule has 2 aromatic carbocycles. The van der Waals surface area contributed by atoms with Crippen molar-refractivity contribution in [3.8, 4) is 11.5 Å². The Hall–Kier alpha value is -1.58. The fourth-order valence-corrected chi connectivity index (χ4v) is 1.67. The van der Waals surface area contributed by atoms with Crippen molar-refractivity contribution in [2.45, 2.75) is 0 Å². The fraction of sp³-hybridized carbons (Fsp3) is 0. The van der Waals surface area contributed by atoms with Gasteiger partial charge in [0.2, 0.25) is 0 Å². The van der Waals surface area contributed by atoms with E-state index in [4.69, 9.17) is 39.4 Å². The largest absolute Gasteiger partial charge is 0.455 e. The summed E-state index contributed by atoms with van der Waals surface area (Å²) in [7, 11) is 0. The van der Waals surface area contributed by atoms with E-state index in [2.05, 4.69) is 0 Å². The molecule has 0 heterocycles. The minimum Gasteiger partial charge on any atom is -0.455 e. The van der Waals surface area contributed by atoms with Gasteiger partial charge in [-0.2, -0.15) is 0 Å². The summed E-state index contributed by atoms with van der Waals surface area (Å²) in [5, 5.41) is 0.882. The summed E-state index contributed by atoms with van der Waals surface area (Å²) in [5.74, 6) is 1.04. The molecule has 0 aliphatic rings. The first-order valence-corrected chi connectivity index (χ1v) is 5.60. The molecule has 0 bridgehead atoms. The van der Waals surface area contributed by atoms with Crippen LogP contribution in [0.4, 0.5) is 11.4 Å². The van der Waals surface area contributed by atoms with Gasteiger partial charge in [-0.15, -0.1) is 0 Å². The Bertz CT molecular complexity index is 558. The van der Waals surface area contributed by atoms with E-state index in [1.165, 1.54) is 0 Å². The number of nitrogens with two attached hydrogens (primary N) is 2. The Balaban J connectivity index is 2.34. The Kier molecular flexibility index (Phi) is 3.31. The van der Waals surface area contributed by atoms with E-state index in [9.17, 15) is 0 Å². The standard InChI is InChI=1S/C12H10Cl2N2O/c13-7-2-1-3-8(6-7)17-10-5-4-9(15)11(14)12(10)16/h1-6H,15-16H2. The minimum absolute atomic E-state index is 0.296. The molecule has 0 fully saturated rings. The maximum absolute atomic E-state index is 5.92. The van der Waals surface area contributed by atoms with Crippen molar-refractivity contribution in [3.63, 3.8) is 0 Å². The van der Waals surface area contributed by atoms with Gasteiger partial charge in [-0.1, -0.05) is 29.3 Å². The summed E-state index contributed by atoms with van der Waals surface area (Å²) in [4.78, 5) is 0. The van der Waals surface area contributed by atoms with Crippen LogP contribution in [0.1, 0.15) is 0 Å². The number of nitrogen functional groups attached to an aromatic ring is 2. The van der Waals surface area contributed by atoms with Crippen LogP contribution < -0.4 is 16.2 Å². The highest BCUT2D eigenvalue weighted by Gasteiger charge is 2.08. The van der Waals surface area contributed by atoms with Gasteiger partial charge in [0.1, 0.15) is 5.75 Å². The molecule has 0 aliphatic heterocycles. The zero-order valence-corrected chi connectivity index (χ0v) is 10.3. The lowest BCUT2D eigenvalue weighted by Crippen LogP contribution is -1.96. The molecule has 0 unspecified atom stereocenters. The highest BCUT2D eigenvalue weighted by molar-refractivity contribution is 6.36. The lowest BCUT2D eigenvalue weighted by molar-refractivity contribution is 0.485. The molecule has 3 nitrogen and oxygen atoms in total. The second-order valence-corrected chi connectivity index (χ2v) is 4.25. The van der Waals surface area contributed by atoms with Gasteiger partial charge in [0.05, 0.1) is 16.4 Å². The van der Waals surface area contributed by atoms with Gasteiger partial charge in [0.25, 0.3) is 0 Å². The van der Waals surface area contributed by atoms with E-state index in [1.807, 2.05) is 0 Å². The van der Waals surface area contributed by atoms with E-state index in [1.54, 1.807) is 36.4 Å². The van der Waals surface area contributed by atoms with Gasteiger partial charge in [-0.3, -0.25) is 0 Å². The van der Waals surface area contributed by atoms with Crippen LogP contribution in [-0.4, -0.2) is 0 Å². The number of anilines is 2. The molecule has 0 spiro atoms. The monoisotopic (exact) mass is 268 g/mol. The van der Waals surface area contributed by atoms with Crippen LogP contribution in [-0.2, 0) is 0 Å². The summed E-state index contributed by atoms with van der Waals surface area (Å²) >= 11 is 11.8. The lowest BCUT2D eigenvalue weighted by atomic mass is 10.2. The molecule has 17 heavy (non-hydrogen) atoms. The molecule has 0 aromatic heterocycles. The van der Waals surface area contributed by atoms with Gasteiger partial charge < -0.3 is 16.2 Å². The Labute approximate surface area is 109 Å². The van der Waals surface area contributed by atoms with Gasteiger partial charge in [-0.25, -0.2) is 0 Å². The molecule has 0 saturated heterocycles. The Morgan fingerprint density at radius 3 is 2.47 bits per heavy atom. The van der Waals surface area contributed by atoms with Crippen LogP contribution in [0.2, 0.25) is 10.0 Å². The molecule has 0 aliphatic carbocycles. The highest BCUT2D eigenvalue weighted by atomic mass is 35.5. The van der Waals surface area contributed by atoms with Crippen LogP contribution in [0.25, 0.3) is 0 Å². The summed E-state index contributed by atoms with van der Waals surface area (Å²) in [6.45, 7) is 0. The third kappa shape index (κ3) is 2.57. The third-order valence-corrected chi connectivity index (χ3v) is 2.85. The molecule has 88 valence electrons. The molecular formula is C12H10Cl2N2O. The first-order chi connectivity index (χ1) is 8.08. The minimum atomic E-state index is 0.296. The first-order valence-electron chi connectivity index (χ1n) is 4.85. The molecule has 0 amide bonds. The van der Waals surface area contributed by atoms with E-state index in [-0.39, 0.29) is 0 Å². The number of rotatable bonds is 2. The highest BCUT2D eigenvalue weighted by Crippen LogP contribution is 2.36. The van der Waals surface area contributed by atoms with Crippen LogP contribution in [0.5, 0.6) is 11.5 Å². The number of halogens is 2. The average molecular weight is 269 g/mol. The predicted octanol–water partition coefficient (Wildman–Crippen LogP) is 3.95. The molecule has 2 rings (SSSR count). The SMILES string of the molecule is Nc1ccc(Oc2cccc(Cl)c2)c(N)c1Cl. The Morgan fingerprint density at radius 2 is 1.76 bits per heavy atom. The number of hydrogen-bond donors (Lipinski definition) is 2. The second-order valence-electron chi connectivity index (χ2n) is 3.44. The molecule has 0 saturated carbocycles. The average Bonchev–Trinajstić information content (AvgIpc) is 2.30. The molecule has 2 aromatic rings.